The first-order chi connectivity index (χ1) is 9.74. The summed E-state index contributed by atoms with van der Waals surface area (Å²) in [4.78, 5) is 0. The number of benzene rings is 2. The van der Waals surface area contributed by atoms with Gasteiger partial charge in [-0.2, -0.15) is 5.26 Å². The summed E-state index contributed by atoms with van der Waals surface area (Å²) in [6, 6.07) is 20.1. The number of nitrogens with zero attached hydrogens (tertiary/aromatic N) is 2. The summed E-state index contributed by atoms with van der Waals surface area (Å²) in [6.07, 6.45) is 0. The van der Waals surface area contributed by atoms with Crippen LogP contribution in [-0.4, -0.2) is 4.57 Å². The Balaban J connectivity index is 2.29. The molecule has 3 rings (SSSR count). The average molecular weight is 281 g/mol. The molecule has 1 unspecified atom stereocenters. The molecule has 3 heteroatoms. The zero-order valence-corrected chi connectivity index (χ0v) is 11.8. The predicted octanol–water partition coefficient (Wildman–Crippen LogP) is 4.38. The van der Waals surface area contributed by atoms with Gasteiger partial charge in [0.05, 0.1) is 5.38 Å². The van der Waals surface area contributed by atoms with Gasteiger partial charge < -0.3 is 4.57 Å². The second kappa shape index (κ2) is 5.03. The lowest BCUT2D eigenvalue weighted by molar-refractivity contribution is 0.931. The van der Waals surface area contributed by atoms with Crippen molar-refractivity contribution >= 4 is 22.5 Å². The van der Waals surface area contributed by atoms with E-state index in [4.69, 9.17) is 11.6 Å². The molecule has 2 nitrogen and oxygen atoms in total. The minimum atomic E-state index is -0.322. The summed E-state index contributed by atoms with van der Waals surface area (Å²) in [5.74, 6) is 0. The minimum Gasteiger partial charge on any atom is -0.335 e. The first-order valence-corrected chi connectivity index (χ1v) is 6.84. The van der Waals surface area contributed by atoms with Crippen molar-refractivity contribution in [2.45, 2.75) is 5.38 Å². The summed E-state index contributed by atoms with van der Waals surface area (Å²) in [5, 5.41) is 10.2. The average Bonchev–Trinajstić information content (AvgIpc) is 2.80. The number of hydrogen-bond donors (Lipinski definition) is 0. The van der Waals surface area contributed by atoms with Crippen LogP contribution in [0.2, 0.25) is 0 Å². The van der Waals surface area contributed by atoms with Crippen molar-refractivity contribution in [2.24, 2.45) is 7.05 Å². The lowest BCUT2D eigenvalue weighted by Crippen LogP contribution is -1.98. The van der Waals surface area contributed by atoms with E-state index in [1.54, 1.807) is 0 Å². The minimum absolute atomic E-state index is 0.322. The Morgan fingerprint density at radius 3 is 2.40 bits per heavy atom. The maximum Gasteiger partial charge on any atom is 0.126 e. The predicted molar refractivity (Wildman–Crippen MR) is 81.8 cm³/mol. The third kappa shape index (κ3) is 1.88. The molecule has 20 heavy (non-hydrogen) atoms. The van der Waals surface area contributed by atoms with Crippen LogP contribution in [0.3, 0.4) is 0 Å². The number of aryl methyl sites for hydroxylation is 1. The Hall–Kier alpha value is -2.24. The highest BCUT2D eigenvalue weighted by atomic mass is 35.5. The molecular weight excluding hydrogens is 268 g/mol. The first-order valence-electron chi connectivity index (χ1n) is 6.40. The normalized spacial score (nSPS) is 12.2. The van der Waals surface area contributed by atoms with Crippen molar-refractivity contribution in [2.75, 3.05) is 0 Å². The molecule has 1 aromatic heterocycles. The Kier molecular flexibility index (Phi) is 3.22. The maximum absolute atomic E-state index is 9.47. The van der Waals surface area contributed by atoms with E-state index >= 15 is 0 Å². The summed E-state index contributed by atoms with van der Waals surface area (Å²) < 4.78 is 1.91. The summed E-state index contributed by atoms with van der Waals surface area (Å²) in [5.41, 5.74) is 3.54. The number of alkyl halides is 1. The number of aromatic nitrogens is 1. The van der Waals surface area contributed by atoms with Gasteiger partial charge >= 0.3 is 0 Å². The van der Waals surface area contributed by atoms with E-state index in [0.717, 1.165) is 22.0 Å². The molecule has 1 heterocycles. The molecule has 0 amide bonds. The lowest BCUT2D eigenvalue weighted by atomic mass is 10.0. The highest BCUT2D eigenvalue weighted by Gasteiger charge is 2.22. The smallest absolute Gasteiger partial charge is 0.126 e. The zero-order valence-electron chi connectivity index (χ0n) is 11.0. The fourth-order valence-electron chi connectivity index (χ4n) is 2.60. The number of hydrogen-bond acceptors (Lipinski definition) is 1. The van der Waals surface area contributed by atoms with Crippen LogP contribution >= 0.6 is 11.6 Å². The van der Waals surface area contributed by atoms with E-state index in [0.29, 0.717) is 5.69 Å². The molecule has 98 valence electrons. The number of para-hydroxylation sites is 1. The van der Waals surface area contributed by atoms with Crippen LogP contribution in [0.15, 0.2) is 54.6 Å². The van der Waals surface area contributed by atoms with Gasteiger partial charge in [0.25, 0.3) is 0 Å². The topological polar surface area (TPSA) is 28.7 Å². The fourth-order valence-corrected chi connectivity index (χ4v) is 2.97. The van der Waals surface area contributed by atoms with Gasteiger partial charge in [0.15, 0.2) is 0 Å². The molecule has 0 fully saturated rings. The van der Waals surface area contributed by atoms with Gasteiger partial charge in [-0.15, -0.1) is 11.6 Å². The van der Waals surface area contributed by atoms with Crippen molar-refractivity contribution in [1.82, 2.24) is 4.57 Å². The van der Waals surface area contributed by atoms with E-state index in [9.17, 15) is 5.26 Å². The van der Waals surface area contributed by atoms with Crippen LogP contribution in [0.1, 0.15) is 22.2 Å². The summed E-state index contributed by atoms with van der Waals surface area (Å²) in [7, 11) is 1.90. The number of rotatable bonds is 2. The second-order valence-electron chi connectivity index (χ2n) is 4.72. The Bertz CT molecular complexity index is 797. The quantitative estimate of drug-likeness (QED) is 0.641. The highest BCUT2D eigenvalue weighted by Crippen LogP contribution is 2.37. The van der Waals surface area contributed by atoms with Gasteiger partial charge in [-0.05, 0) is 11.6 Å². The van der Waals surface area contributed by atoms with Gasteiger partial charge in [-0.3, -0.25) is 0 Å². The molecule has 0 spiro atoms. The van der Waals surface area contributed by atoms with Gasteiger partial charge in [0, 0.05) is 23.5 Å². The van der Waals surface area contributed by atoms with Gasteiger partial charge in [-0.25, -0.2) is 0 Å². The van der Waals surface area contributed by atoms with Crippen LogP contribution < -0.4 is 0 Å². The Morgan fingerprint density at radius 1 is 1.05 bits per heavy atom. The van der Waals surface area contributed by atoms with E-state index in [2.05, 4.69) is 6.07 Å². The van der Waals surface area contributed by atoms with Crippen molar-refractivity contribution in [3.8, 4) is 6.07 Å². The molecular formula is C17H13ClN2. The molecule has 0 aliphatic carbocycles. The third-order valence-corrected chi connectivity index (χ3v) is 4.07. The molecule has 0 aliphatic heterocycles. The maximum atomic E-state index is 9.47. The van der Waals surface area contributed by atoms with Crippen LogP contribution in [-0.2, 0) is 7.05 Å². The van der Waals surface area contributed by atoms with Crippen LogP contribution in [0.25, 0.3) is 10.9 Å². The van der Waals surface area contributed by atoms with Crippen molar-refractivity contribution in [3.05, 3.63) is 71.4 Å². The monoisotopic (exact) mass is 280 g/mol. The third-order valence-electron chi connectivity index (χ3n) is 3.60. The molecule has 0 N–H and O–H groups in total. The van der Waals surface area contributed by atoms with Gasteiger partial charge in [-0.1, -0.05) is 48.5 Å². The molecule has 3 aromatic rings. The molecule has 1 atom stereocenters. The van der Waals surface area contributed by atoms with Crippen LogP contribution in [0.5, 0.6) is 0 Å². The fraction of sp³-hybridized carbons (Fsp3) is 0.118. The Labute approximate surface area is 122 Å². The first kappa shape index (κ1) is 12.8. The molecule has 0 aliphatic rings. The van der Waals surface area contributed by atoms with Gasteiger partial charge in [0.1, 0.15) is 11.8 Å². The second-order valence-corrected chi connectivity index (χ2v) is 5.16. The van der Waals surface area contributed by atoms with Crippen molar-refractivity contribution in [3.63, 3.8) is 0 Å². The van der Waals surface area contributed by atoms with E-state index in [-0.39, 0.29) is 5.38 Å². The standard InChI is InChI=1S/C17H13ClN2/c1-20-14-10-6-5-9-13(14)16(15(20)11-19)17(18)12-7-3-2-4-8-12/h2-10,17H,1H3. The molecule has 0 saturated heterocycles. The number of fused-ring (bicyclic) bond motifs is 1. The molecule has 2 aromatic carbocycles. The summed E-state index contributed by atoms with van der Waals surface area (Å²) in [6.45, 7) is 0. The van der Waals surface area contributed by atoms with Crippen molar-refractivity contribution < 1.29 is 0 Å². The largest absolute Gasteiger partial charge is 0.335 e. The van der Waals surface area contributed by atoms with E-state index in [1.165, 1.54) is 0 Å². The Morgan fingerprint density at radius 2 is 1.70 bits per heavy atom. The van der Waals surface area contributed by atoms with Crippen molar-refractivity contribution in [1.29, 1.82) is 5.26 Å². The summed E-state index contributed by atoms with van der Waals surface area (Å²) >= 11 is 6.64. The molecule has 0 bridgehead atoms. The van der Waals surface area contributed by atoms with E-state index < -0.39 is 0 Å². The highest BCUT2D eigenvalue weighted by molar-refractivity contribution is 6.24. The zero-order chi connectivity index (χ0) is 14.1. The van der Waals surface area contributed by atoms with Gasteiger partial charge in [0.2, 0.25) is 0 Å². The number of halogens is 1. The molecule has 0 saturated carbocycles. The lowest BCUT2D eigenvalue weighted by Gasteiger charge is -2.10. The van der Waals surface area contributed by atoms with Crippen LogP contribution in [0.4, 0.5) is 0 Å². The SMILES string of the molecule is Cn1c(C#N)c(C(Cl)c2ccccc2)c2ccccc21. The molecule has 0 radical (unpaired) electrons. The number of nitriles is 1. The van der Waals surface area contributed by atoms with Crippen LogP contribution in [0, 0.1) is 11.3 Å². The van der Waals surface area contributed by atoms with E-state index in [1.807, 2.05) is 66.2 Å².